The van der Waals surface area contributed by atoms with Gasteiger partial charge < -0.3 is 14.8 Å². The predicted molar refractivity (Wildman–Crippen MR) is 83.8 cm³/mol. The Kier molecular flexibility index (Phi) is 5.17. The van der Waals surface area contributed by atoms with Crippen LogP contribution in [0.1, 0.15) is 22.4 Å². The maximum Gasteiger partial charge on any atom is 0.128 e. The van der Waals surface area contributed by atoms with E-state index >= 15 is 0 Å². The summed E-state index contributed by atoms with van der Waals surface area (Å²) in [5, 5.41) is 3.41. The topological polar surface area (TPSA) is 43.4 Å². The molecule has 112 valence electrons. The molecule has 2 aromatic rings. The molecule has 0 radical (unpaired) electrons. The van der Waals surface area contributed by atoms with E-state index in [9.17, 15) is 0 Å². The summed E-state index contributed by atoms with van der Waals surface area (Å²) in [6.07, 6.45) is 1.85. The van der Waals surface area contributed by atoms with Gasteiger partial charge in [-0.1, -0.05) is 18.2 Å². The SMILES string of the molecule is COc1ccccc1CNCc1ncc(C)c(OC)c1C. The smallest absolute Gasteiger partial charge is 0.128 e. The van der Waals surface area contributed by atoms with Gasteiger partial charge in [0.25, 0.3) is 0 Å². The van der Waals surface area contributed by atoms with E-state index in [0.29, 0.717) is 6.54 Å². The molecule has 2 rings (SSSR count). The van der Waals surface area contributed by atoms with Crippen LogP contribution in [0.5, 0.6) is 11.5 Å². The van der Waals surface area contributed by atoms with E-state index in [1.165, 1.54) is 0 Å². The van der Waals surface area contributed by atoms with Gasteiger partial charge in [0, 0.05) is 36.0 Å². The first kappa shape index (κ1) is 15.3. The number of nitrogens with zero attached hydrogens (tertiary/aromatic N) is 1. The standard InChI is InChI=1S/C17H22N2O2/c1-12-9-19-15(13(2)17(12)21-4)11-18-10-14-7-5-6-8-16(14)20-3/h5-9,18H,10-11H2,1-4H3. The van der Waals surface area contributed by atoms with E-state index in [0.717, 1.165) is 40.4 Å². The fraction of sp³-hybridized carbons (Fsp3) is 0.353. The van der Waals surface area contributed by atoms with Gasteiger partial charge in [0.1, 0.15) is 11.5 Å². The van der Waals surface area contributed by atoms with Crippen LogP contribution in [0.4, 0.5) is 0 Å². The quantitative estimate of drug-likeness (QED) is 0.886. The van der Waals surface area contributed by atoms with Crippen LogP contribution < -0.4 is 14.8 Å². The minimum atomic E-state index is 0.695. The zero-order valence-electron chi connectivity index (χ0n) is 13.1. The minimum absolute atomic E-state index is 0.695. The van der Waals surface area contributed by atoms with Crippen molar-refractivity contribution in [2.75, 3.05) is 14.2 Å². The Hall–Kier alpha value is -2.07. The summed E-state index contributed by atoms with van der Waals surface area (Å²) >= 11 is 0. The molecule has 4 nitrogen and oxygen atoms in total. The lowest BCUT2D eigenvalue weighted by Crippen LogP contribution is -2.15. The van der Waals surface area contributed by atoms with Crippen LogP contribution in [0.3, 0.4) is 0 Å². The highest BCUT2D eigenvalue weighted by Crippen LogP contribution is 2.24. The molecular formula is C17H22N2O2. The Bertz CT molecular complexity index is 612. The lowest BCUT2D eigenvalue weighted by Gasteiger charge is -2.13. The van der Waals surface area contributed by atoms with E-state index in [1.807, 2.05) is 38.2 Å². The van der Waals surface area contributed by atoms with Gasteiger partial charge in [0.15, 0.2) is 0 Å². The van der Waals surface area contributed by atoms with Gasteiger partial charge in [-0.25, -0.2) is 0 Å². The number of aryl methyl sites for hydroxylation is 1. The lowest BCUT2D eigenvalue weighted by atomic mass is 10.1. The number of ether oxygens (including phenoxy) is 2. The van der Waals surface area contributed by atoms with Crippen LogP contribution in [0.25, 0.3) is 0 Å². The van der Waals surface area contributed by atoms with Gasteiger partial charge in [-0.15, -0.1) is 0 Å². The fourth-order valence-electron chi connectivity index (χ4n) is 2.41. The second-order valence-electron chi connectivity index (χ2n) is 4.96. The molecule has 0 aliphatic rings. The van der Waals surface area contributed by atoms with E-state index in [2.05, 4.69) is 16.4 Å². The summed E-state index contributed by atoms with van der Waals surface area (Å²) in [5.74, 6) is 1.82. The van der Waals surface area contributed by atoms with E-state index in [-0.39, 0.29) is 0 Å². The van der Waals surface area contributed by atoms with Crippen molar-refractivity contribution in [3.05, 3.63) is 52.8 Å². The molecule has 1 aromatic heterocycles. The van der Waals surface area contributed by atoms with E-state index in [1.54, 1.807) is 14.2 Å². The summed E-state index contributed by atoms with van der Waals surface area (Å²) in [7, 11) is 3.39. The third kappa shape index (κ3) is 3.52. The molecular weight excluding hydrogens is 264 g/mol. The number of pyridine rings is 1. The Morgan fingerprint density at radius 2 is 1.81 bits per heavy atom. The maximum atomic E-state index is 5.43. The Morgan fingerprint density at radius 1 is 1.05 bits per heavy atom. The molecule has 1 aromatic carbocycles. The number of methoxy groups -OCH3 is 2. The van der Waals surface area contributed by atoms with Crippen molar-refractivity contribution < 1.29 is 9.47 Å². The van der Waals surface area contributed by atoms with Crippen molar-refractivity contribution in [2.24, 2.45) is 0 Å². The van der Waals surface area contributed by atoms with Gasteiger partial charge in [-0.2, -0.15) is 0 Å². The molecule has 0 spiro atoms. The molecule has 0 amide bonds. The number of rotatable bonds is 6. The summed E-state index contributed by atoms with van der Waals surface area (Å²) < 4.78 is 10.8. The molecule has 0 aliphatic carbocycles. The monoisotopic (exact) mass is 286 g/mol. The predicted octanol–water partition coefficient (Wildman–Crippen LogP) is 3.01. The Morgan fingerprint density at radius 3 is 2.52 bits per heavy atom. The van der Waals surface area contributed by atoms with Crippen LogP contribution >= 0.6 is 0 Å². The maximum absolute atomic E-state index is 5.43. The van der Waals surface area contributed by atoms with E-state index in [4.69, 9.17) is 9.47 Å². The van der Waals surface area contributed by atoms with Gasteiger partial charge in [0.05, 0.1) is 19.9 Å². The zero-order valence-corrected chi connectivity index (χ0v) is 13.1. The van der Waals surface area contributed by atoms with Crippen molar-refractivity contribution in [3.8, 4) is 11.5 Å². The summed E-state index contributed by atoms with van der Waals surface area (Å²) in [4.78, 5) is 4.49. The molecule has 0 aliphatic heterocycles. The van der Waals surface area contributed by atoms with Crippen LogP contribution in [0, 0.1) is 13.8 Å². The molecule has 0 atom stereocenters. The fourth-order valence-corrected chi connectivity index (χ4v) is 2.41. The second-order valence-corrected chi connectivity index (χ2v) is 4.96. The molecule has 1 heterocycles. The van der Waals surface area contributed by atoms with Crippen LogP contribution in [0.15, 0.2) is 30.5 Å². The van der Waals surface area contributed by atoms with Gasteiger partial charge >= 0.3 is 0 Å². The van der Waals surface area contributed by atoms with Gasteiger partial charge in [0.2, 0.25) is 0 Å². The first-order valence-corrected chi connectivity index (χ1v) is 6.99. The highest BCUT2D eigenvalue weighted by atomic mass is 16.5. The number of para-hydroxylation sites is 1. The molecule has 0 bridgehead atoms. The van der Waals surface area contributed by atoms with Crippen molar-refractivity contribution in [1.82, 2.24) is 10.3 Å². The molecule has 4 heteroatoms. The average Bonchev–Trinajstić information content (AvgIpc) is 2.50. The molecule has 21 heavy (non-hydrogen) atoms. The molecule has 0 unspecified atom stereocenters. The minimum Gasteiger partial charge on any atom is -0.496 e. The Labute approximate surface area is 126 Å². The number of aromatic nitrogens is 1. The van der Waals surface area contributed by atoms with E-state index < -0.39 is 0 Å². The second kappa shape index (κ2) is 7.09. The molecule has 0 fully saturated rings. The molecule has 0 saturated carbocycles. The van der Waals surface area contributed by atoms with Gasteiger partial charge in [-0.05, 0) is 19.9 Å². The van der Waals surface area contributed by atoms with Gasteiger partial charge in [-0.3, -0.25) is 4.98 Å². The summed E-state index contributed by atoms with van der Waals surface area (Å²) in [6, 6.07) is 8.01. The van der Waals surface area contributed by atoms with Crippen molar-refractivity contribution in [2.45, 2.75) is 26.9 Å². The normalized spacial score (nSPS) is 10.5. The van der Waals surface area contributed by atoms with Crippen LogP contribution in [-0.4, -0.2) is 19.2 Å². The largest absolute Gasteiger partial charge is 0.496 e. The van der Waals surface area contributed by atoms with Crippen molar-refractivity contribution >= 4 is 0 Å². The van der Waals surface area contributed by atoms with Crippen LogP contribution in [0.2, 0.25) is 0 Å². The number of benzene rings is 1. The third-order valence-electron chi connectivity index (χ3n) is 3.55. The lowest BCUT2D eigenvalue weighted by molar-refractivity contribution is 0.405. The summed E-state index contributed by atoms with van der Waals surface area (Å²) in [6.45, 7) is 5.48. The highest BCUT2D eigenvalue weighted by Gasteiger charge is 2.09. The number of hydrogen-bond acceptors (Lipinski definition) is 4. The first-order valence-electron chi connectivity index (χ1n) is 6.99. The third-order valence-corrected chi connectivity index (χ3v) is 3.55. The highest BCUT2D eigenvalue weighted by molar-refractivity contribution is 5.41. The Balaban J connectivity index is 2.04. The molecule has 1 N–H and O–H groups in total. The number of hydrogen-bond donors (Lipinski definition) is 1. The first-order chi connectivity index (χ1) is 10.2. The number of nitrogens with one attached hydrogen (secondary N) is 1. The average molecular weight is 286 g/mol. The zero-order chi connectivity index (χ0) is 15.2. The van der Waals surface area contributed by atoms with Crippen molar-refractivity contribution in [1.29, 1.82) is 0 Å². The molecule has 0 saturated heterocycles. The van der Waals surface area contributed by atoms with Crippen molar-refractivity contribution in [3.63, 3.8) is 0 Å². The summed E-state index contributed by atoms with van der Waals surface area (Å²) in [5.41, 5.74) is 4.29. The van der Waals surface area contributed by atoms with Crippen LogP contribution in [-0.2, 0) is 13.1 Å².